The second-order valence-electron chi connectivity index (χ2n) is 3.79. The lowest BCUT2D eigenvalue weighted by molar-refractivity contribution is -0.124. The topological polar surface area (TPSA) is 47.6 Å². The number of nitrogens with one attached hydrogen (secondary N) is 1. The largest absolute Gasteiger partial charge is 0.482 e. The van der Waals surface area contributed by atoms with E-state index >= 15 is 0 Å². The second kappa shape index (κ2) is 7.46. The molecular weight excluding hydrogens is 277 g/mol. The van der Waals surface area contributed by atoms with Crippen LogP contribution in [0.3, 0.4) is 0 Å². The lowest BCUT2D eigenvalue weighted by atomic mass is 10.3. The minimum absolute atomic E-state index is 0.0686. The number of ether oxygens (including phenoxy) is 2. The standard InChI is InChI=1S/C12H15Cl2NO3/c1-8(6-17-2)15-12(16)7-18-11-5-9(13)3-4-10(11)14/h3-5,8H,6-7H2,1-2H3,(H,15,16)/t8-/m1/s1. The van der Waals surface area contributed by atoms with Crippen LogP contribution in [-0.2, 0) is 9.53 Å². The average molecular weight is 292 g/mol. The molecule has 0 radical (unpaired) electrons. The maximum absolute atomic E-state index is 11.5. The van der Waals surface area contributed by atoms with Gasteiger partial charge >= 0.3 is 0 Å². The average Bonchev–Trinajstić information content (AvgIpc) is 2.30. The highest BCUT2D eigenvalue weighted by molar-refractivity contribution is 6.34. The second-order valence-corrected chi connectivity index (χ2v) is 4.63. The summed E-state index contributed by atoms with van der Waals surface area (Å²) < 4.78 is 10.2. The highest BCUT2D eigenvalue weighted by Crippen LogP contribution is 2.27. The van der Waals surface area contributed by atoms with Gasteiger partial charge in [0.05, 0.1) is 11.6 Å². The Bertz CT molecular complexity index is 412. The van der Waals surface area contributed by atoms with E-state index in [4.69, 9.17) is 32.7 Å². The van der Waals surface area contributed by atoms with E-state index in [2.05, 4.69) is 5.32 Å². The number of hydrogen-bond donors (Lipinski definition) is 1. The first-order chi connectivity index (χ1) is 8.52. The fraction of sp³-hybridized carbons (Fsp3) is 0.417. The normalized spacial score (nSPS) is 12.0. The Morgan fingerprint density at radius 1 is 1.44 bits per heavy atom. The predicted octanol–water partition coefficient (Wildman–Crippen LogP) is 2.52. The summed E-state index contributed by atoms with van der Waals surface area (Å²) in [5.74, 6) is 0.148. The van der Waals surface area contributed by atoms with Crippen molar-refractivity contribution in [1.82, 2.24) is 5.32 Å². The summed E-state index contributed by atoms with van der Waals surface area (Å²) in [4.78, 5) is 11.5. The van der Waals surface area contributed by atoms with Gasteiger partial charge in [0.2, 0.25) is 0 Å². The van der Waals surface area contributed by atoms with Crippen molar-refractivity contribution in [1.29, 1.82) is 0 Å². The van der Waals surface area contributed by atoms with Crippen molar-refractivity contribution in [2.24, 2.45) is 0 Å². The highest BCUT2D eigenvalue weighted by atomic mass is 35.5. The van der Waals surface area contributed by atoms with Gasteiger partial charge in [-0.25, -0.2) is 0 Å². The third-order valence-electron chi connectivity index (χ3n) is 2.08. The van der Waals surface area contributed by atoms with Crippen molar-refractivity contribution >= 4 is 29.1 Å². The maximum Gasteiger partial charge on any atom is 0.258 e. The summed E-state index contributed by atoms with van der Waals surface area (Å²) in [6.45, 7) is 2.17. The van der Waals surface area contributed by atoms with Crippen LogP contribution in [0, 0.1) is 0 Å². The van der Waals surface area contributed by atoms with Crippen molar-refractivity contribution < 1.29 is 14.3 Å². The smallest absolute Gasteiger partial charge is 0.258 e. The molecule has 0 bridgehead atoms. The molecule has 0 heterocycles. The Balaban J connectivity index is 2.45. The lowest BCUT2D eigenvalue weighted by Crippen LogP contribution is -2.38. The zero-order valence-corrected chi connectivity index (χ0v) is 11.7. The SMILES string of the molecule is COC[C@@H](C)NC(=O)COc1cc(Cl)ccc1Cl. The van der Waals surface area contributed by atoms with Crippen LogP contribution >= 0.6 is 23.2 Å². The molecule has 0 aromatic heterocycles. The summed E-state index contributed by atoms with van der Waals surface area (Å²) in [5, 5.41) is 3.64. The van der Waals surface area contributed by atoms with Gasteiger partial charge in [-0.3, -0.25) is 4.79 Å². The van der Waals surface area contributed by atoms with Crippen LogP contribution in [-0.4, -0.2) is 32.3 Å². The minimum Gasteiger partial charge on any atom is -0.482 e. The first-order valence-electron chi connectivity index (χ1n) is 5.39. The number of carbonyl (C=O) groups is 1. The molecule has 1 rings (SSSR count). The van der Waals surface area contributed by atoms with E-state index in [1.807, 2.05) is 6.92 Å². The van der Waals surface area contributed by atoms with Gasteiger partial charge < -0.3 is 14.8 Å². The molecule has 6 heteroatoms. The fourth-order valence-electron chi connectivity index (χ4n) is 1.34. The molecule has 18 heavy (non-hydrogen) atoms. The van der Waals surface area contributed by atoms with E-state index in [1.165, 1.54) is 0 Å². The summed E-state index contributed by atoms with van der Waals surface area (Å²) in [6.07, 6.45) is 0. The van der Waals surface area contributed by atoms with Crippen LogP contribution in [0.4, 0.5) is 0 Å². The molecule has 0 aliphatic carbocycles. The predicted molar refractivity (Wildman–Crippen MR) is 71.4 cm³/mol. The van der Waals surface area contributed by atoms with Gasteiger partial charge in [-0.1, -0.05) is 23.2 Å². The van der Waals surface area contributed by atoms with E-state index in [1.54, 1.807) is 25.3 Å². The zero-order valence-electron chi connectivity index (χ0n) is 10.2. The molecule has 0 saturated carbocycles. The van der Waals surface area contributed by atoms with Crippen LogP contribution in [0.1, 0.15) is 6.92 Å². The van der Waals surface area contributed by atoms with Crippen molar-refractivity contribution in [3.05, 3.63) is 28.2 Å². The van der Waals surface area contributed by atoms with Crippen molar-refractivity contribution in [3.63, 3.8) is 0 Å². The van der Waals surface area contributed by atoms with Crippen LogP contribution in [0.25, 0.3) is 0 Å². The van der Waals surface area contributed by atoms with E-state index in [0.717, 1.165) is 0 Å². The zero-order chi connectivity index (χ0) is 13.5. The Morgan fingerprint density at radius 2 is 2.17 bits per heavy atom. The van der Waals surface area contributed by atoms with Gasteiger partial charge in [-0.15, -0.1) is 0 Å². The van der Waals surface area contributed by atoms with E-state index < -0.39 is 0 Å². The van der Waals surface area contributed by atoms with Gasteiger partial charge in [-0.2, -0.15) is 0 Å². The van der Waals surface area contributed by atoms with Crippen molar-refractivity contribution in [3.8, 4) is 5.75 Å². The molecule has 1 amide bonds. The number of methoxy groups -OCH3 is 1. The Labute approximate surface area is 116 Å². The van der Waals surface area contributed by atoms with E-state index in [9.17, 15) is 4.79 Å². The number of rotatable bonds is 6. The minimum atomic E-state index is -0.240. The fourth-order valence-corrected chi connectivity index (χ4v) is 1.67. The first-order valence-corrected chi connectivity index (χ1v) is 6.14. The lowest BCUT2D eigenvalue weighted by Gasteiger charge is -2.13. The van der Waals surface area contributed by atoms with Gasteiger partial charge in [0.25, 0.3) is 5.91 Å². The van der Waals surface area contributed by atoms with Crippen LogP contribution in [0.5, 0.6) is 5.75 Å². The van der Waals surface area contributed by atoms with Crippen molar-refractivity contribution in [2.75, 3.05) is 20.3 Å². The highest BCUT2D eigenvalue weighted by Gasteiger charge is 2.09. The van der Waals surface area contributed by atoms with Crippen LogP contribution in [0.15, 0.2) is 18.2 Å². The summed E-state index contributed by atoms with van der Waals surface area (Å²) in [6, 6.07) is 4.76. The molecule has 0 spiro atoms. The maximum atomic E-state index is 11.5. The molecule has 1 N–H and O–H groups in total. The molecule has 100 valence electrons. The number of hydrogen-bond acceptors (Lipinski definition) is 3. The number of benzene rings is 1. The number of carbonyl (C=O) groups excluding carboxylic acids is 1. The molecule has 1 aromatic carbocycles. The molecule has 0 fully saturated rings. The van der Waals surface area contributed by atoms with Crippen LogP contribution < -0.4 is 10.1 Å². The van der Waals surface area contributed by atoms with E-state index in [-0.39, 0.29) is 18.6 Å². The van der Waals surface area contributed by atoms with E-state index in [0.29, 0.717) is 22.4 Å². The monoisotopic (exact) mass is 291 g/mol. The summed E-state index contributed by atoms with van der Waals surface area (Å²) in [7, 11) is 1.57. The molecular formula is C12H15Cl2NO3. The summed E-state index contributed by atoms with van der Waals surface area (Å²) >= 11 is 11.7. The molecule has 0 unspecified atom stereocenters. The summed E-state index contributed by atoms with van der Waals surface area (Å²) in [5.41, 5.74) is 0. The molecule has 4 nitrogen and oxygen atoms in total. The molecule has 0 aliphatic heterocycles. The van der Waals surface area contributed by atoms with Gasteiger partial charge in [-0.05, 0) is 19.1 Å². The molecule has 1 atom stereocenters. The van der Waals surface area contributed by atoms with Gasteiger partial charge in [0.1, 0.15) is 5.75 Å². The van der Waals surface area contributed by atoms with Crippen LogP contribution in [0.2, 0.25) is 10.0 Å². The Morgan fingerprint density at radius 3 is 2.83 bits per heavy atom. The van der Waals surface area contributed by atoms with Crippen molar-refractivity contribution in [2.45, 2.75) is 13.0 Å². The molecule has 1 aromatic rings. The third kappa shape index (κ3) is 5.12. The molecule has 0 aliphatic rings. The number of halogens is 2. The van der Waals surface area contributed by atoms with Gasteiger partial charge in [0, 0.05) is 24.2 Å². The third-order valence-corrected chi connectivity index (χ3v) is 2.62. The Hall–Kier alpha value is -0.970. The number of amides is 1. The van der Waals surface area contributed by atoms with Gasteiger partial charge in [0.15, 0.2) is 6.61 Å². The Kier molecular flexibility index (Phi) is 6.25. The first kappa shape index (κ1) is 15.1. The quantitative estimate of drug-likeness (QED) is 0.876. The molecule has 0 saturated heterocycles.